The molecule has 3 heteroatoms. The van der Waals surface area contributed by atoms with E-state index >= 15 is 0 Å². The molecule has 2 aromatic rings. The molecule has 0 fully saturated rings. The van der Waals surface area contributed by atoms with Crippen LogP contribution < -0.4 is 4.90 Å². The van der Waals surface area contributed by atoms with Gasteiger partial charge in [0.25, 0.3) is 0 Å². The fourth-order valence-corrected chi connectivity index (χ4v) is 2.76. The molecule has 2 heterocycles. The van der Waals surface area contributed by atoms with E-state index in [1.165, 1.54) is 11.1 Å². The van der Waals surface area contributed by atoms with Crippen molar-refractivity contribution in [1.29, 1.82) is 0 Å². The number of aromatic nitrogens is 1. The lowest BCUT2D eigenvalue weighted by Gasteiger charge is -2.25. The van der Waals surface area contributed by atoms with Gasteiger partial charge in [-0.3, -0.25) is 4.98 Å². The number of hydrogen-bond acceptors (Lipinski definition) is 3. The van der Waals surface area contributed by atoms with Crippen molar-refractivity contribution in [3.63, 3.8) is 0 Å². The van der Waals surface area contributed by atoms with Gasteiger partial charge in [-0.25, -0.2) is 0 Å². The van der Waals surface area contributed by atoms with Crippen LogP contribution in [-0.2, 0) is 19.6 Å². The minimum absolute atomic E-state index is 0.0430. The van der Waals surface area contributed by atoms with Crippen LogP contribution in [0.15, 0.2) is 42.7 Å². The topological polar surface area (TPSA) is 36.4 Å². The molecule has 0 radical (unpaired) electrons. The average Bonchev–Trinajstić information content (AvgIpc) is 2.69. The Bertz CT molecular complexity index is 568. The first-order chi connectivity index (χ1) is 9.38. The lowest BCUT2D eigenvalue weighted by atomic mass is 10.0. The second-order valence-electron chi connectivity index (χ2n) is 4.96. The lowest BCUT2D eigenvalue weighted by molar-refractivity contribution is 0.281. The summed E-state index contributed by atoms with van der Waals surface area (Å²) >= 11 is 0. The van der Waals surface area contributed by atoms with Gasteiger partial charge in [-0.2, -0.15) is 0 Å². The quantitative estimate of drug-likeness (QED) is 0.894. The molecule has 1 aliphatic rings. The van der Waals surface area contributed by atoms with E-state index in [4.69, 9.17) is 0 Å². The number of anilines is 1. The van der Waals surface area contributed by atoms with Crippen LogP contribution in [0.25, 0.3) is 0 Å². The van der Waals surface area contributed by atoms with Crippen molar-refractivity contribution < 1.29 is 5.11 Å². The molecule has 0 atom stereocenters. The Morgan fingerprint density at radius 1 is 1.16 bits per heavy atom. The molecule has 3 nitrogen and oxygen atoms in total. The molecule has 1 aliphatic heterocycles. The molecular formula is C16H18N2O. The van der Waals surface area contributed by atoms with Crippen molar-refractivity contribution >= 4 is 5.69 Å². The van der Waals surface area contributed by atoms with Gasteiger partial charge in [-0.05, 0) is 30.0 Å². The van der Waals surface area contributed by atoms with Gasteiger partial charge in [-0.1, -0.05) is 24.3 Å². The Morgan fingerprint density at radius 2 is 2.00 bits per heavy atom. The predicted octanol–water partition coefficient (Wildman–Crippen LogP) is 2.53. The lowest BCUT2D eigenvalue weighted by Crippen LogP contribution is -2.23. The predicted molar refractivity (Wildman–Crippen MR) is 76.0 cm³/mol. The molecule has 0 amide bonds. The van der Waals surface area contributed by atoms with E-state index in [0.717, 1.165) is 37.2 Å². The third-order valence-corrected chi connectivity index (χ3v) is 3.74. The minimum atomic E-state index is 0.0430. The number of rotatable bonds is 2. The molecule has 0 aliphatic carbocycles. The van der Waals surface area contributed by atoms with Gasteiger partial charge in [0, 0.05) is 36.7 Å². The summed E-state index contributed by atoms with van der Waals surface area (Å²) in [5.41, 5.74) is 4.85. The summed E-state index contributed by atoms with van der Waals surface area (Å²) in [6, 6.07) is 10.6. The minimum Gasteiger partial charge on any atom is -0.392 e. The zero-order valence-electron chi connectivity index (χ0n) is 10.9. The standard InChI is InChI=1S/C16H18N2O/c19-12-15-10-17-8-7-16(15)18-9-3-6-13-4-1-2-5-14(13)11-18/h1-2,4-5,7-8,10,19H,3,6,9,11-12H2. The number of aliphatic hydroxyl groups is 1. The fraction of sp³-hybridized carbons (Fsp3) is 0.312. The first-order valence-corrected chi connectivity index (χ1v) is 6.74. The summed E-state index contributed by atoms with van der Waals surface area (Å²) < 4.78 is 0. The van der Waals surface area contributed by atoms with Crippen LogP contribution in [-0.4, -0.2) is 16.6 Å². The van der Waals surface area contributed by atoms with Crippen molar-refractivity contribution in [3.05, 3.63) is 59.4 Å². The van der Waals surface area contributed by atoms with Crippen molar-refractivity contribution in [2.75, 3.05) is 11.4 Å². The van der Waals surface area contributed by atoms with E-state index in [2.05, 4.69) is 34.1 Å². The zero-order valence-corrected chi connectivity index (χ0v) is 10.9. The molecule has 3 rings (SSSR count). The maximum absolute atomic E-state index is 9.45. The number of aryl methyl sites for hydroxylation is 1. The van der Waals surface area contributed by atoms with Crippen LogP contribution >= 0.6 is 0 Å². The van der Waals surface area contributed by atoms with Crippen LogP contribution in [0.2, 0.25) is 0 Å². The number of aliphatic hydroxyl groups excluding tert-OH is 1. The summed E-state index contributed by atoms with van der Waals surface area (Å²) in [6.07, 6.45) is 5.83. The van der Waals surface area contributed by atoms with E-state index < -0.39 is 0 Å². The Balaban J connectivity index is 1.94. The summed E-state index contributed by atoms with van der Waals surface area (Å²) in [7, 11) is 0. The van der Waals surface area contributed by atoms with E-state index in [1.807, 2.05) is 6.07 Å². The highest BCUT2D eigenvalue weighted by Gasteiger charge is 2.16. The smallest absolute Gasteiger partial charge is 0.0717 e. The molecule has 0 bridgehead atoms. The fourth-order valence-electron chi connectivity index (χ4n) is 2.76. The Hall–Kier alpha value is -1.87. The second-order valence-corrected chi connectivity index (χ2v) is 4.96. The highest BCUT2D eigenvalue weighted by molar-refractivity contribution is 5.53. The molecule has 0 saturated carbocycles. The first-order valence-electron chi connectivity index (χ1n) is 6.74. The maximum atomic E-state index is 9.45. The average molecular weight is 254 g/mol. The Labute approximate surface area is 113 Å². The van der Waals surface area contributed by atoms with E-state index in [1.54, 1.807) is 12.4 Å². The number of benzene rings is 1. The van der Waals surface area contributed by atoms with Gasteiger partial charge in [0.2, 0.25) is 0 Å². The number of hydrogen-bond donors (Lipinski definition) is 1. The van der Waals surface area contributed by atoms with Gasteiger partial charge in [0.15, 0.2) is 0 Å². The van der Waals surface area contributed by atoms with Crippen LogP contribution in [0.1, 0.15) is 23.1 Å². The summed E-state index contributed by atoms with van der Waals surface area (Å²) in [6.45, 7) is 1.97. The van der Waals surface area contributed by atoms with Crippen LogP contribution in [0, 0.1) is 0 Å². The monoisotopic (exact) mass is 254 g/mol. The SMILES string of the molecule is OCc1cnccc1N1CCCc2ccccc2C1. The Morgan fingerprint density at radius 3 is 2.84 bits per heavy atom. The third-order valence-electron chi connectivity index (χ3n) is 3.74. The second kappa shape index (κ2) is 5.41. The van der Waals surface area contributed by atoms with Gasteiger partial charge in [-0.15, -0.1) is 0 Å². The van der Waals surface area contributed by atoms with Crippen molar-refractivity contribution in [2.45, 2.75) is 26.0 Å². The molecular weight excluding hydrogens is 236 g/mol. The van der Waals surface area contributed by atoms with E-state index in [-0.39, 0.29) is 6.61 Å². The maximum Gasteiger partial charge on any atom is 0.0717 e. The number of fused-ring (bicyclic) bond motifs is 1. The van der Waals surface area contributed by atoms with Gasteiger partial charge in [0.1, 0.15) is 0 Å². The summed E-state index contributed by atoms with van der Waals surface area (Å²) in [5, 5.41) is 9.45. The number of pyridine rings is 1. The molecule has 0 unspecified atom stereocenters. The first kappa shape index (κ1) is 12.2. The largest absolute Gasteiger partial charge is 0.392 e. The molecule has 0 spiro atoms. The normalized spacial score (nSPS) is 14.9. The molecule has 1 aromatic heterocycles. The van der Waals surface area contributed by atoms with Gasteiger partial charge in [0.05, 0.1) is 6.61 Å². The van der Waals surface area contributed by atoms with Crippen LogP contribution in [0.5, 0.6) is 0 Å². The molecule has 1 N–H and O–H groups in total. The van der Waals surface area contributed by atoms with Gasteiger partial charge >= 0.3 is 0 Å². The molecule has 98 valence electrons. The van der Waals surface area contributed by atoms with Crippen molar-refractivity contribution in [3.8, 4) is 0 Å². The molecule has 19 heavy (non-hydrogen) atoms. The van der Waals surface area contributed by atoms with E-state index in [9.17, 15) is 5.11 Å². The van der Waals surface area contributed by atoms with Gasteiger partial charge < -0.3 is 10.0 Å². The zero-order chi connectivity index (χ0) is 13.1. The van der Waals surface area contributed by atoms with Crippen molar-refractivity contribution in [1.82, 2.24) is 4.98 Å². The molecule has 0 saturated heterocycles. The highest BCUT2D eigenvalue weighted by atomic mass is 16.3. The number of nitrogens with zero attached hydrogens (tertiary/aromatic N) is 2. The summed E-state index contributed by atoms with van der Waals surface area (Å²) in [4.78, 5) is 6.44. The Kier molecular flexibility index (Phi) is 3.47. The summed E-state index contributed by atoms with van der Waals surface area (Å²) in [5.74, 6) is 0. The van der Waals surface area contributed by atoms with Crippen molar-refractivity contribution in [2.24, 2.45) is 0 Å². The highest BCUT2D eigenvalue weighted by Crippen LogP contribution is 2.26. The van der Waals surface area contributed by atoms with E-state index in [0.29, 0.717) is 0 Å². The van der Waals surface area contributed by atoms with Crippen LogP contribution in [0.3, 0.4) is 0 Å². The third kappa shape index (κ3) is 2.47. The van der Waals surface area contributed by atoms with Crippen LogP contribution in [0.4, 0.5) is 5.69 Å². The molecule has 1 aromatic carbocycles.